The zero-order chi connectivity index (χ0) is 21.5. The number of carbonyl (C=O) groups excluding carboxylic acids is 1. The minimum atomic E-state index is -0.270. The van der Waals surface area contributed by atoms with Crippen LogP contribution in [-0.2, 0) is 12.8 Å². The quantitative estimate of drug-likeness (QED) is 0.552. The number of benzene rings is 3. The second-order valence-electron chi connectivity index (χ2n) is 7.31. The molecular formula is C25H26N2O4. The van der Waals surface area contributed by atoms with Crippen molar-refractivity contribution in [1.82, 2.24) is 5.32 Å². The summed E-state index contributed by atoms with van der Waals surface area (Å²) in [5.41, 5.74) is 2.87. The van der Waals surface area contributed by atoms with E-state index < -0.39 is 0 Å². The number of urea groups is 1. The van der Waals surface area contributed by atoms with Gasteiger partial charge in [0.15, 0.2) is 11.5 Å². The molecule has 0 bridgehead atoms. The Morgan fingerprint density at radius 3 is 2.52 bits per heavy atom. The summed E-state index contributed by atoms with van der Waals surface area (Å²) in [6, 6.07) is 23.1. The molecule has 6 heteroatoms. The minimum Gasteiger partial charge on any atom is -0.492 e. The van der Waals surface area contributed by atoms with Crippen molar-refractivity contribution in [2.75, 3.05) is 18.7 Å². The van der Waals surface area contributed by atoms with Crippen LogP contribution >= 0.6 is 0 Å². The van der Waals surface area contributed by atoms with Crippen LogP contribution in [0.3, 0.4) is 0 Å². The number of rotatable bonds is 8. The van der Waals surface area contributed by atoms with E-state index in [0.717, 1.165) is 22.6 Å². The molecule has 3 aromatic rings. The summed E-state index contributed by atoms with van der Waals surface area (Å²) >= 11 is 0. The van der Waals surface area contributed by atoms with E-state index in [1.54, 1.807) is 0 Å². The number of anilines is 1. The van der Waals surface area contributed by atoms with E-state index in [1.807, 2.05) is 67.6 Å². The third kappa shape index (κ3) is 5.48. The van der Waals surface area contributed by atoms with E-state index >= 15 is 0 Å². The van der Waals surface area contributed by atoms with Gasteiger partial charge in [0.2, 0.25) is 6.79 Å². The zero-order valence-corrected chi connectivity index (χ0v) is 17.5. The average molecular weight is 418 g/mol. The molecule has 0 saturated heterocycles. The van der Waals surface area contributed by atoms with Gasteiger partial charge in [-0.25, -0.2) is 4.79 Å². The Morgan fingerprint density at radius 2 is 1.68 bits per heavy atom. The van der Waals surface area contributed by atoms with Crippen molar-refractivity contribution < 1.29 is 19.0 Å². The second kappa shape index (κ2) is 9.89. The maximum atomic E-state index is 12.8. The van der Waals surface area contributed by atoms with E-state index in [2.05, 4.69) is 22.8 Å². The first kappa shape index (κ1) is 20.6. The first-order valence-corrected chi connectivity index (χ1v) is 10.4. The van der Waals surface area contributed by atoms with E-state index in [9.17, 15) is 4.79 Å². The van der Waals surface area contributed by atoms with Crippen LogP contribution in [0.5, 0.6) is 17.2 Å². The lowest BCUT2D eigenvalue weighted by Crippen LogP contribution is -2.40. The lowest BCUT2D eigenvalue weighted by atomic mass is 9.98. The van der Waals surface area contributed by atoms with Crippen molar-refractivity contribution >= 4 is 11.7 Å². The maximum absolute atomic E-state index is 12.8. The molecule has 1 aliphatic rings. The largest absolute Gasteiger partial charge is 0.492 e. The Hall–Kier alpha value is -3.67. The number of nitrogens with one attached hydrogen (secondary N) is 2. The molecule has 1 aliphatic heterocycles. The fraction of sp³-hybridized carbons (Fsp3) is 0.240. The molecule has 31 heavy (non-hydrogen) atoms. The van der Waals surface area contributed by atoms with E-state index in [1.165, 1.54) is 0 Å². The number of carbonyl (C=O) groups is 1. The van der Waals surface area contributed by atoms with Gasteiger partial charge in [-0.05, 0) is 55.2 Å². The van der Waals surface area contributed by atoms with Gasteiger partial charge in [-0.2, -0.15) is 0 Å². The number of para-hydroxylation sites is 2. The molecule has 2 amide bonds. The van der Waals surface area contributed by atoms with Gasteiger partial charge in [0, 0.05) is 6.04 Å². The van der Waals surface area contributed by atoms with Crippen LogP contribution < -0.4 is 24.8 Å². The molecule has 0 radical (unpaired) electrons. The minimum absolute atomic E-state index is 0.109. The molecule has 1 atom stereocenters. The molecule has 0 spiro atoms. The van der Waals surface area contributed by atoms with Gasteiger partial charge < -0.3 is 24.8 Å². The highest BCUT2D eigenvalue weighted by Crippen LogP contribution is 2.33. The fourth-order valence-electron chi connectivity index (χ4n) is 3.62. The maximum Gasteiger partial charge on any atom is 0.319 e. The lowest BCUT2D eigenvalue weighted by Gasteiger charge is -2.20. The number of hydrogen-bond donors (Lipinski definition) is 2. The zero-order valence-electron chi connectivity index (χ0n) is 17.5. The molecular weight excluding hydrogens is 392 g/mol. The Morgan fingerprint density at radius 1 is 0.935 bits per heavy atom. The smallest absolute Gasteiger partial charge is 0.319 e. The molecule has 0 aliphatic carbocycles. The predicted molar refractivity (Wildman–Crippen MR) is 120 cm³/mol. The van der Waals surface area contributed by atoms with Gasteiger partial charge in [-0.3, -0.25) is 0 Å². The van der Waals surface area contributed by atoms with Crippen LogP contribution in [0.2, 0.25) is 0 Å². The molecule has 6 nitrogen and oxygen atoms in total. The van der Waals surface area contributed by atoms with Crippen molar-refractivity contribution in [3.8, 4) is 17.2 Å². The normalized spacial score (nSPS) is 12.8. The topological polar surface area (TPSA) is 68.8 Å². The summed E-state index contributed by atoms with van der Waals surface area (Å²) in [5.74, 6) is 2.14. The Labute approximate surface area is 182 Å². The molecule has 1 heterocycles. The third-order valence-corrected chi connectivity index (χ3v) is 5.01. The number of hydrogen-bond acceptors (Lipinski definition) is 4. The Kier molecular flexibility index (Phi) is 6.57. The first-order valence-electron chi connectivity index (χ1n) is 10.4. The molecule has 0 saturated carbocycles. The standard InChI is InChI=1S/C25H26N2O4/c1-2-29-22-11-7-6-10-21(22)27-25(28)26-20(14-18-8-4-3-5-9-18)15-19-12-13-23-24(16-19)31-17-30-23/h3-13,16,20H,2,14-15,17H2,1H3,(H2,26,27,28)/t20-/m1/s1. The number of ether oxygens (including phenoxy) is 3. The van der Waals surface area contributed by atoms with Crippen LogP contribution in [0.25, 0.3) is 0 Å². The fourth-order valence-corrected chi connectivity index (χ4v) is 3.62. The predicted octanol–water partition coefficient (Wildman–Crippen LogP) is 4.79. The van der Waals surface area contributed by atoms with Crippen molar-refractivity contribution in [3.05, 3.63) is 83.9 Å². The summed E-state index contributed by atoms with van der Waals surface area (Å²) in [6.45, 7) is 2.69. The molecule has 0 unspecified atom stereocenters. The summed E-state index contributed by atoms with van der Waals surface area (Å²) in [4.78, 5) is 12.8. The van der Waals surface area contributed by atoms with Gasteiger partial charge in [-0.15, -0.1) is 0 Å². The summed E-state index contributed by atoms with van der Waals surface area (Å²) in [6.07, 6.45) is 1.36. The number of amides is 2. The van der Waals surface area contributed by atoms with Crippen LogP contribution in [0.15, 0.2) is 72.8 Å². The van der Waals surface area contributed by atoms with Gasteiger partial charge in [0.25, 0.3) is 0 Å². The summed E-state index contributed by atoms with van der Waals surface area (Å²) in [7, 11) is 0. The number of fused-ring (bicyclic) bond motifs is 1. The van der Waals surface area contributed by atoms with E-state index in [4.69, 9.17) is 14.2 Å². The molecule has 2 N–H and O–H groups in total. The van der Waals surface area contributed by atoms with E-state index in [0.29, 0.717) is 30.9 Å². The molecule has 160 valence electrons. The van der Waals surface area contributed by atoms with Gasteiger partial charge in [-0.1, -0.05) is 48.5 Å². The van der Waals surface area contributed by atoms with Crippen molar-refractivity contribution in [3.63, 3.8) is 0 Å². The van der Waals surface area contributed by atoms with Gasteiger partial charge >= 0.3 is 6.03 Å². The monoisotopic (exact) mass is 418 g/mol. The first-order chi connectivity index (χ1) is 15.2. The third-order valence-electron chi connectivity index (χ3n) is 5.01. The van der Waals surface area contributed by atoms with Crippen molar-refractivity contribution in [2.24, 2.45) is 0 Å². The van der Waals surface area contributed by atoms with Gasteiger partial charge in [0.1, 0.15) is 5.75 Å². The van der Waals surface area contributed by atoms with Crippen LogP contribution in [0.1, 0.15) is 18.1 Å². The molecule has 0 aromatic heterocycles. The highest BCUT2D eigenvalue weighted by Gasteiger charge is 2.18. The van der Waals surface area contributed by atoms with E-state index in [-0.39, 0.29) is 18.9 Å². The molecule has 4 rings (SSSR count). The van der Waals surface area contributed by atoms with Crippen LogP contribution in [0, 0.1) is 0 Å². The Balaban J connectivity index is 1.48. The van der Waals surface area contributed by atoms with Crippen LogP contribution in [0.4, 0.5) is 10.5 Å². The van der Waals surface area contributed by atoms with Crippen molar-refractivity contribution in [1.29, 1.82) is 0 Å². The highest BCUT2D eigenvalue weighted by molar-refractivity contribution is 5.91. The molecule has 3 aromatic carbocycles. The van der Waals surface area contributed by atoms with Gasteiger partial charge in [0.05, 0.1) is 12.3 Å². The lowest BCUT2D eigenvalue weighted by molar-refractivity contribution is 0.174. The summed E-state index contributed by atoms with van der Waals surface area (Å²) < 4.78 is 16.5. The van der Waals surface area contributed by atoms with Crippen molar-refractivity contribution in [2.45, 2.75) is 25.8 Å². The highest BCUT2D eigenvalue weighted by atomic mass is 16.7. The second-order valence-corrected chi connectivity index (χ2v) is 7.31. The average Bonchev–Trinajstić information content (AvgIpc) is 3.24. The van der Waals surface area contributed by atoms with Crippen LogP contribution in [-0.4, -0.2) is 25.5 Å². The summed E-state index contributed by atoms with van der Waals surface area (Å²) in [5, 5.41) is 6.04. The SMILES string of the molecule is CCOc1ccccc1NC(=O)N[C@H](Cc1ccccc1)Cc1ccc2c(c1)OCO2. The molecule has 0 fully saturated rings. The Bertz CT molecular complexity index is 1020.